The molecule has 1 unspecified atom stereocenters. The largest absolute Gasteiger partial charge is 0.352 e. The second-order valence-electron chi connectivity index (χ2n) is 6.06. The summed E-state index contributed by atoms with van der Waals surface area (Å²) in [5, 5.41) is 5.74. The van der Waals surface area contributed by atoms with Gasteiger partial charge in [-0.25, -0.2) is 0 Å². The first-order valence-corrected chi connectivity index (χ1v) is 8.69. The van der Waals surface area contributed by atoms with Crippen molar-refractivity contribution in [3.8, 4) is 0 Å². The molecule has 5 nitrogen and oxygen atoms in total. The minimum Gasteiger partial charge on any atom is -0.352 e. The van der Waals surface area contributed by atoms with Crippen LogP contribution in [0.5, 0.6) is 0 Å². The van der Waals surface area contributed by atoms with Gasteiger partial charge in [-0.3, -0.25) is 14.6 Å². The van der Waals surface area contributed by atoms with E-state index in [4.69, 9.17) is 0 Å². The number of rotatable bonds is 8. The molecule has 2 amide bonds. The highest BCUT2D eigenvalue weighted by Gasteiger charge is 2.13. The SMILES string of the molecule is CCC(C)NC(=O)c1cc(C(=O)NCCCc2ccccc2)ccn1. The molecule has 1 aromatic carbocycles. The molecule has 1 atom stereocenters. The summed E-state index contributed by atoms with van der Waals surface area (Å²) in [6, 6.07) is 13.4. The zero-order valence-corrected chi connectivity index (χ0v) is 14.8. The van der Waals surface area contributed by atoms with Crippen LogP contribution in [0.25, 0.3) is 0 Å². The average Bonchev–Trinajstić information content (AvgIpc) is 2.65. The molecule has 0 fully saturated rings. The van der Waals surface area contributed by atoms with Crippen LogP contribution in [0.3, 0.4) is 0 Å². The minimum absolute atomic E-state index is 0.0739. The van der Waals surface area contributed by atoms with Gasteiger partial charge in [-0.2, -0.15) is 0 Å². The van der Waals surface area contributed by atoms with Gasteiger partial charge in [0.2, 0.25) is 0 Å². The Hall–Kier alpha value is -2.69. The lowest BCUT2D eigenvalue weighted by Gasteiger charge is -2.11. The number of amides is 2. The Morgan fingerprint density at radius 3 is 2.60 bits per heavy atom. The van der Waals surface area contributed by atoms with Gasteiger partial charge in [0.15, 0.2) is 0 Å². The van der Waals surface area contributed by atoms with Crippen molar-refractivity contribution in [1.82, 2.24) is 15.6 Å². The Balaban J connectivity index is 1.85. The highest BCUT2D eigenvalue weighted by molar-refractivity contribution is 5.98. The van der Waals surface area contributed by atoms with E-state index in [1.54, 1.807) is 6.07 Å². The van der Waals surface area contributed by atoms with Crippen molar-refractivity contribution in [2.45, 2.75) is 39.2 Å². The molecule has 5 heteroatoms. The van der Waals surface area contributed by atoms with Crippen LogP contribution < -0.4 is 10.6 Å². The molecular formula is C20H25N3O2. The normalized spacial score (nSPS) is 11.6. The van der Waals surface area contributed by atoms with Crippen molar-refractivity contribution in [1.29, 1.82) is 0 Å². The molecule has 0 saturated heterocycles. The molecule has 2 aromatic rings. The Morgan fingerprint density at radius 2 is 1.88 bits per heavy atom. The third kappa shape index (κ3) is 6.03. The third-order valence-corrected chi connectivity index (χ3v) is 4.02. The Labute approximate surface area is 148 Å². The number of aryl methyl sites for hydroxylation is 1. The second kappa shape index (κ2) is 9.57. The summed E-state index contributed by atoms with van der Waals surface area (Å²) in [6.45, 7) is 4.52. The van der Waals surface area contributed by atoms with Crippen LogP contribution in [0.1, 0.15) is 53.1 Å². The molecule has 0 spiro atoms. The average molecular weight is 339 g/mol. The van der Waals surface area contributed by atoms with Crippen LogP contribution in [-0.2, 0) is 6.42 Å². The summed E-state index contributed by atoms with van der Waals surface area (Å²) in [5.41, 5.74) is 1.96. The maximum atomic E-state index is 12.2. The predicted octanol–water partition coefficient (Wildman–Crippen LogP) is 2.97. The monoisotopic (exact) mass is 339 g/mol. The van der Waals surface area contributed by atoms with Gasteiger partial charge in [0, 0.05) is 24.3 Å². The van der Waals surface area contributed by atoms with E-state index in [0.29, 0.717) is 12.1 Å². The van der Waals surface area contributed by atoms with E-state index in [-0.39, 0.29) is 23.6 Å². The van der Waals surface area contributed by atoms with Gasteiger partial charge in [-0.15, -0.1) is 0 Å². The van der Waals surface area contributed by atoms with Gasteiger partial charge in [0.1, 0.15) is 5.69 Å². The summed E-state index contributed by atoms with van der Waals surface area (Å²) in [6.07, 6.45) is 4.11. The quantitative estimate of drug-likeness (QED) is 0.726. The summed E-state index contributed by atoms with van der Waals surface area (Å²) < 4.78 is 0. The van der Waals surface area contributed by atoms with Crippen molar-refractivity contribution in [2.24, 2.45) is 0 Å². The lowest BCUT2D eigenvalue weighted by atomic mass is 10.1. The fourth-order valence-electron chi connectivity index (χ4n) is 2.34. The van der Waals surface area contributed by atoms with E-state index in [9.17, 15) is 9.59 Å². The number of carbonyl (C=O) groups excluding carboxylic acids is 2. The van der Waals surface area contributed by atoms with Crippen LogP contribution in [0.4, 0.5) is 0 Å². The summed E-state index contributed by atoms with van der Waals surface area (Å²) in [7, 11) is 0. The number of hydrogen-bond acceptors (Lipinski definition) is 3. The summed E-state index contributed by atoms with van der Waals surface area (Å²) in [4.78, 5) is 28.4. The molecule has 1 aromatic heterocycles. The standard InChI is InChI=1S/C20H25N3O2/c1-3-15(2)23-20(25)18-14-17(11-13-21-18)19(24)22-12-7-10-16-8-5-4-6-9-16/h4-6,8-9,11,13-15H,3,7,10,12H2,1-2H3,(H,22,24)(H,23,25). The molecule has 132 valence electrons. The zero-order valence-electron chi connectivity index (χ0n) is 14.8. The van der Waals surface area contributed by atoms with E-state index in [1.807, 2.05) is 32.0 Å². The topological polar surface area (TPSA) is 71.1 Å². The third-order valence-electron chi connectivity index (χ3n) is 4.02. The first-order valence-electron chi connectivity index (χ1n) is 8.69. The minimum atomic E-state index is -0.256. The fraction of sp³-hybridized carbons (Fsp3) is 0.350. The van der Waals surface area contributed by atoms with Crippen LogP contribution in [0, 0.1) is 0 Å². The van der Waals surface area contributed by atoms with Gasteiger partial charge in [0.25, 0.3) is 11.8 Å². The molecule has 0 aliphatic carbocycles. The number of nitrogens with zero attached hydrogens (tertiary/aromatic N) is 1. The number of aromatic nitrogens is 1. The number of nitrogens with one attached hydrogen (secondary N) is 2. The molecular weight excluding hydrogens is 314 g/mol. The predicted molar refractivity (Wildman–Crippen MR) is 98.6 cm³/mol. The van der Waals surface area contributed by atoms with Crippen molar-refractivity contribution < 1.29 is 9.59 Å². The zero-order chi connectivity index (χ0) is 18.1. The maximum Gasteiger partial charge on any atom is 0.270 e. The molecule has 0 radical (unpaired) electrons. The first-order chi connectivity index (χ1) is 12.1. The molecule has 2 N–H and O–H groups in total. The molecule has 0 saturated carbocycles. The first kappa shape index (κ1) is 18.6. The maximum absolute atomic E-state index is 12.2. The molecule has 1 heterocycles. The van der Waals surface area contributed by atoms with Gasteiger partial charge >= 0.3 is 0 Å². The Bertz CT molecular complexity index is 701. The molecule has 0 aliphatic rings. The van der Waals surface area contributed by atoms with Crippen molar-refractivity contribution >= 4 is 11.8 Å². The number of hydrogen-bond donors (Lipinski definition) is 2. The number of carbonyl (C=O) groups is 2. The van der Waals surface area contributed by atoms with Crippen LogP contribution in [0.2, 0.25) is 0 Å². The van der Waals surface area contributed by atoms with Crippen LogP contribution in [0.15, 0.2) is 48.7 Å². The van der Waals surface area contributed by atoms with Gasteiger partial charge in [0.05, 0.1) is 0 Å². The highest BCUT2D eigenvalue weighted by atomic mass is 16.2. The van der Waals surface area contributed by atoms with E-state index in [1.165, 1.54) is 17.8 Å². The summed E-state index contributed by atoms with van der Waals surface area (Å²) >= 11 is 0. The Morgan fingerprint density at radius 1 is 1.12 bits per heavy atom. The van der Waals surface area contributed by atoms with Gasteiger partial charge < -0.3 is 10.6 Å². The summed E-state index contributed by atoms with van der Waals surface area (Å²) in [5.74, 6) is -0.443. The van der Waals surface area contributed by atoms with Crippen LogP contribution >= 0.6 is 0 Å². The van der Waals surface area contributed by atoms with E-state index in [0.717, 1.165) is 19.3 Å². The molecule has 0 bridgehead atoms. The highest BCUT2D eigenvalue weighted by Crippen LogP contribution is 2.04. The van der Waals surface area contributed by atoms with Crippen LogP contribution in [-0.4, -0.2) is 29.4 Å². The lowest BCUT2D eigenvalue weighted by molar-refractivity contribution is 0.0934. The molecule has 0 aliphatic heterocycles. The lowest BCUT2D eigenvalue weighted by Crippen LogP contribution is -2.33. The van der Waals surface area contributed by atoms with Gasteiger partial charge in [-0.05, 0) is 43.9 Å². The second-order valence-corrected chi connectivity index (χ2v) is 6.06. The Kier molecular flexibility index (Phi) is 7.14. The smallest absolute Gasteiger partial charge is 0.270 e. The van der Waals surface area contributed by atoms with Crippen molar-refractivity contribution in [2.75, 3.05) is 6.54 Å². The van der Waals surface area contributed by atoms with Crippen molar-refractivity contribution in [3.63, 3.8) is 0 Å². The van der Waals surface area contributed by atoms with E-state index in [2.05, 4.69) is 27.8 Å². The molecule has 25 heavy (non-hydrogen) atoms. The van der Waals surface area contributed by atoms with Gasteiger partial charge in [-0.1, -0.05) is 37.3 Å². The number of pyridine rings is 1. The van der Waals surface area contributed by atoms with E-state index < -0.39 is 0 Å². The fourth-order valence-corrected chi connectivity index (χ4v) is 2.34. The van der Waals surface area contributed by atoms with E-state index >= 15 is 0 Å². The number of benzene rings is 1. The molecule has 2 rings (SSSR count). The van der Waals surface area contributed by atoms with Crippen molar-refractivity contribution in [3.05, 3.63) is 65.5 Å².